The lowest BCUT2D eigenvalue weighted by Crippen LogP contribution is -2.20. The van der Waals surface area contributed by atoms with Gasteiger partial charge in [-0.25, -0.2) is 4.98 Å². The van der Waals surface area contributed by atoms with Crippen molar-refractivity contribution >= 4 is 28.4 Å². The summed E-state index contributed by atoms with van der Waals surface area (Å²) in [7, 11) is 3.27. The first kappa shape index (κ1) is 16.4. The fourth-order valence-corrected chi connectivity index (χ4v) is 3.29. The first-order chi connectivity index (χ1) is 12.8. The molecule has 0 amide bonds. The van der Waals surface area contributed by atoms with Crippen LogP contribution >= 0.6 is 0 Å². The van der Waals surface area contributed by atoms with E-state index in [0.717, 1.165) is 35.5 Å². The minimum atomic E-state index is 0.570. The summed E-state index contributed by atoms with van der Waals surface area (Å²) < 4.78 is 10.7. The van der Waals surface area contributed by atoms with Gasteiger partial charge in [-0.1, -0.05) is 12.1 Å². The second-order valence-electron chi connectivity index (χ2n) is 6.31. The van der Waals surface area contributed by atoms with Crippen molar-refractivity contribution in [3.05, 3.63) is 42.5 Å². The monoisotopic (exact) mass is 350 g/mol. The Bertz CT molecular complexity index is 901. The van der Waals surface area contributed by atoms with Gasteiger partial charge in [0.05, 0.1) is 19.7 Å². The summed E-state index contributed by atoms with van der Waals surface area (Å²) >= 11 is 0. The van der Waals surface area contributed by atoms with E-state index in [-0.39, 0.29) is 0 Å². The molecule has 0 aliphatic carbocycles. The van der Waals surface area contributed by atoms with Gasteiger partial charge >= 0.3 is 0 Å². The molecule has 1 aromatic heterocycles. The molecule has 0 saturated carbocycles. The first-order valence-electron chi connectivity index (χ1n) is 8.78. The molecule has 1 fully saturated rings. The normalized spacial score (nSPS) is 13.8. The maximum Gasteiger partial charge on any atom is 0.229 e. The third-order valence-corrected chi connectivity index (χ3v) is 4.60. The fraction of sp³-hybridized carbons (Fsp3) is 0.300. The van der Waals surface area contributed by atoms with Crippen LogP contribution in [-0.2, 0) is 0 Å². The van der Waals surface area contributed by atoms with E-state index < -0.39 is 0 Å². The van der Waals surface area contributed by atoms with Gasteiger partial charge in [-0.05, 0) is 25.0 Å². The molecule has 6 heteroatoms. The van der Waals surface area contributed by atoms with Crippen LogP contribution in [-0.4, -0.2) is 37.3 Å². The van der Waals surface area contributed by atoms with E-state index in [0.29, 0.717) is 17.4 Å². The topological polar surface area (TPSA) is 59.5 Å². The zero-order chi connectivity index (χ0) is 17.9. The zero-order valence-electron chi connectivity index (χ0n) is 15.0. The SMILES string of the molecule is COc1cc(Nc2nc(N3CCCC3)c3ccccc3n2)cc(OC)c1. The largest absolute Gasteiger partial charge is 0.497 e. The molecule has 4 rings (SSSR count). The van der Waals surface area contributed by atoms with Crippen molar-refractivity contribution < 1.29 is 9.47 Å². The molecule has 26 heavy (non-hydrogen) atoms. The Hall–Kier alpha value is -3.02. The van der Waals surface area contributed by atoms with Crippen molar-refractivity contribution in [3.63, 3.8) is 0 Å². The third kappa shape index (κ3) is 3.22. The van der Waals surface area contributed by atoms with Gasteiger partial charge in [-0.2, -0.15) is 4.98 Å². The highest BCUT2D eigenvalue weighted by Crippen LogP contribution is 2.31. The molecule has 6 nitrogen and oxygen atoms in total. The van der Waals surface area contributed by atoms with Crippen molar-refractivity contribution in [2.75, 3.05) is 37.5 Å². The van der Waals surface area contributed by atoms with Crippen molar-refractivity contribution in [1.29, 1.82) is 0 Å². The molecule has 0 atom stereocenters. The van der Waals surface area contributed by atoms with Crippen LogP contribution in [0.2, 0.25) is 0 Å². The Labute approximate surface area is 152 Å². The summed E-state index contributed by atoms with van der Waals surface area (Å²) in [6, 6.07) is 13.8. The summed E-state index contributed by atoms with van der Waals surface area (Å²) in [5.74, 6) is 2.99. The summed E-state index contributed by atoms with van der Waals surface area (Å²) in [5.41, 5.74) is 1.76. The predicted molar refractivity (Wildman–Crippen MR) is 104 cm³/mol. The van der Waals surface area contributed by atoms with Crippen LogP contribution in [0.15, 0.2) is 42.5 Å². The second kappa shape index (κ2) is 7.07. The summed E-state index contributed by atoms with van der Waals surface area (Å²) in [5, 5.41) is 4.39. The molecule has 1 aliphatic rings. The molecule has 3 aromatic rings. The summed E-state index contributed by atoms with van der Waals surface area (Å²) in [6.45, 7) is 2.07. The predicted octanol–water partition coefficient (Wildman–Crippen LogP) is 3.99. The highest BCUT2D eigenvalue weighted by molar-refractivity contribution is 5.91. The van der Waals surface area contributed by atoms with Crippen LogP contribution < -0.4 is 19.7 Å². The minimum absolute atomic E-state index is 0.570. The van der Waals surface area contributed by atoms with E-state index in [1.54, 1.807) is 14.2 Å². The van der Waals surface area contributed by atoms with E-state index in [4.69, 9.17) is 14.5 Å². The lowest BCUT2D eigenvalue weighted by atomic mass is 10.2. The number of nitrogens with zero attached hydrogens (tertiary/aromatic N) is 3. The van der Waals surface area contributed by atoms with E-state index in [1.807, 2.05) is 36.4 Å². The smallest absolute Gasteiger partial charge is 0.229 e. The number of ether oxygens (including phenoxy) is 2. The van der Waals surface area contributed by atoms with Crippen LogP contribution in [0.4, 0.5) is 17.5 Å². The molecule has 2 heterocycles. The Kier molecular flexibility index (Phi) is 4.48. The minimum Gasteiger partial charge on any atom is -0.497 e. The maximum absolute atomic E-state index is 5.34. The molecule has 1 saturated heterocycles. The van der Waals surface area contributed by atoms with Crippen molar-refractivity contribution in [2.45, 2.75) is 12.8 Å². The highest BCUT2D eigenvalue weighted by Gasteiger charge is 2.18. The van der Waals surface area contributed by atoms with Crippen LogP contribution in [0.25, 0.3) is 10.9 Å². The van der Waals surface area contributed by atoms with Gasteiger partial charge in [0.25, 0.3) is 0 Å². The van der Waals surface area contributed by atoms with Gasteiger partial charge in [-0.3, -0.25) is 0 Å². The van der Waals surface area contributed by atoms with E-state index in [2.05, 4.69) is 21.3 Å². The maximum atomic E-state index is 5.34. The molecule has 0 spiro atoms. The standard InChI is InChI=1S/C20H22N4O2/c1-25-15-11-14(12-16(13-15)26-2)21-20-22-18-8-4-3-7-17(18)19(23-20)24-9-5-6-10-24/h3-4,7-8,11-13H,5-6,9-10H2,1-2H3,(H,21,22,23). The average molecular weight is 350 g/mol. The Morgan fingerprint density at radius 3 is 2.31 bits per heavy atom. The highest BCUT2D eigenvalue weighted by atomic mass is 16.5. The molecule has 2 aromatic carbocycles. The van der Waals surface area contributed by atoms with Gasteiger partial charge < -0.3 is 19.7 Å². The lowest BCUT2D eigenvalue weighted by molar-refractivity contribution is 0.395. The Balaban J connectivity index is 1.75. The molecular weight excluding hydrogens is 328 g/mol. The number of para-hydroxylation sites is 1. The molecule has 1 aliphatic heterocycles. The Morgan fingerprint density at radius 1 is 0.923 bits per heavy atom. The third-order valence-electron chi connectivity index (χ3n) is 4.60. The van der Waals surface area contributed by atoms with Crippen LogP contribution in [0, 0.1) is 0 Å². The van der Waals surface area contributed by atoms with Gasteiger partial charge in [0.1, 0.15) is 17.3 Å². The first-order valence-corrected chi connectivity index (χ1v) is 8.78. The number of aromatic nitrogens is 2. The summed E-state index contributed by atoms with van der Waals surface area (Å²) in [6.07, 6.45) is 2.41. The van der Waals surface area contributed by atoms with E-state index >= 15 is 0 Å². The molecule has 0 bridgehead atoms. The number of nitrogens with one attached hydrogen (secondary N) is 1. The average Bonchev–Trinajstić information content (AvgIpc) is 3.21. The number of hydrogen-bond acceptors (Lipinski definition) is 6. The number of fused-ring (bicyclic) bond motifs is 1. The molecule has 0 unspecified atom stereocenters. The van der Waals surface area contributed by atoms with Crippen molar-refractivity contribution in [3.8, 4) is 11.5 Å². The van der Waals surface area contributed by atoms with Gasteiger partial charge in [0.15, 0.2) is 0 Å². The van der Waals surface area contributed by atoms with Crippen molar-refractivity contribution in [1.82, 2.24) is 9.97 Å². The Morgan fingerprint density at radius 2 is 1.62 bits per heavy atom. The second-order valence-corrected chi connectivity index (χ2v) is 6.31. The number of anilines is 3. The number of rotatable bonds is 5. The molecule has 0 radical (unpaired) electrons. The molecule has 1 N–H and O–H groups in total. The van der Waals surface area contributed by atoms with Crippen LogP contribution in [0.5, 0.6) is 11.5 Å². The van der Waals surface area contributed by atoms with Gasteiger partial charge in [0, 0.05) is 42.4 Å². The number of benzene rings is 2. The molecular formula is C20H22N4O2. The van der Waals surface area contributed by atoms with Gasteiger partial charge in [0.2, 0.25) is 5.95 Å². The van der Waals surface area contributed by atoms with E-state index in [1.165, 1.54) is 12.8 Å². The molecule has 134 valence electrons. The number of methoxy groups -OCH3 is 2. The van der Waals surface area contributed by atoms with Crippen molar-refractivity contribution in [2.24, 2.45) is 0 Å². The lowest BCUT2D eigenvalue weighted by Gasteiger charge is -2.19. The number of hydrogen-bond donors (Lipinski definition) is 1. The zero-order valence-corrected chi connectivity index (χ0v) is 15.0. The van der Waals surface area contributed by atoms with Crippen LogP contribution in [0.3, 0.4) is 0 Å². The van der Waals surface area contributed by atoms with Gasteiger partial charge in [-0.15, -0.1) is 0 Å². The fourth-order valence-electron chi connectivity index (χ4n) is 3.29. The van der Waals surface area contributed by atoms with Crippen LogP contribution in [0.1, 0.15) is 12.8 Å². The summed E-state index contributed by atoms with van der Waals surface area (Å²) in [4.78, 5) is 11.8. The quantitative estimate of drug-likeness (QED) is 0.751. The van der Waals surface area contributed by atoms with E-state index in [9.17, 15) is 0 Å².